The molecular weight excluding hydrogens is 186 g/mol. The van der Waals surface area contributed by atoms with Gasteiger partial charge in [-0.15, -0.1) is 10.5 Å². The number of nitrogens with one attached hydrogen (secondary N) is 2. The maximum atomic E-state index is 8.98. The SMILES string of the molecule is NC(=S)N/[NH+]=C/c1ccc(O)cc1. The van der Waals surface area contributed by atoms with Gasteiger partial charge in [0.25, 0.3) is 0 Å². The van der Waals surface area contributed by atoms with Crippen LogP contribution in [0.25, 0.3) is 0 Å². The summed E-state index contributed by atoms with van der Waals surface area (Å²) in [6.45, 7) is 0. The van der Waals surface area contributed by atoms with Crippen molar-refractivity contribution < 1.29 is 10.2 Å². The molecule has 1 aromatic carbocycles. The molecule has 0 aliphatic carbocycles. The lowest BCUT2D eigenvalue weighted by atomic mass is 10.2. The molecule has 0 fully saturated rings. The van der Waals surface area contributed by atoms with E-state index in [1.807, 2.05) is 0 Å². The van der Waals surface area contributed by atoms with Crippen molar-refractivity contribution in [2.75, 3.05) is 0 Å². The van der Waals surface area contributed by atoms with E-state index >= 15 is 0 Å². The zero-order chi connectivity index (χ0) is 9.68. The van der Waals surface area contributed by atoms with Crippen LogP contribution in [0.4, 0.5) is 0 Å². The molecule has 5 heteroatoms. The molecule has 0 atom stereocenters. The Hall–Kier alpha value is -1.62. The molecule has 0 heterocycles. The van der Waals surface area contributed by atoms with Gasteiger partial charge < -0.3 is 10.8 Å². The monoisotopic (exact) mass is 196 g/mol. The Bertz CT molecular complexity index is 321. The summed E-state index contributed by atoms with van der Waals surface area (Å²) < 4.78 is 0. The molecule has 0 spiro atoms. The highest BCUT2D eigenvalue weighted by atomic mass is 32.1. The molecule has 5 N–H and O–H groups in total. The van der Waals surface area contributed by atoms with E-state index in [-0.39, 0.29) is 10.9 Å². The van der Waals surface area contributed by atoms with Crippen LogP contribution >= 0.6 is 12.2 Å². The lowest BCUT2D eigenvalue weighted by Crippen LogP contribution is -2.82. The fourth-order valence-corrected chi connectivity index (χ4v) is 0.820. The molecule has 0 unspecified atom stereocenters. The van der Waals surface area contributed by atoms with Crippen molar-refractivity contribution in [1.82, 2.24) is 5.43 Å². The first-order valence-corrected chi connectivity index (χ1v) is 4.02. The Kier molecular flexibility index (Phi) is 3.22. The average molecular weight is 196 g/mol. The molecular formula is C8H10N3OS+. The molecule has 0 aromatic heterocycles. The largest absolute Gasteiger partial charge is 0.508 e. The molecule has 0 aliphatic heterocycles. The van der Waals surface area contributed by atoms with E-state index < -0.39 is 0 Å². The van der Waals surface area contributed by atoms with Gasteiger partial charge in [0.05, 0.1) is 0 Å². The van der Waals surface area contributed by atoms with Crippen molar-refractivity contribution in [3.05, 3.63) is 29.8 Å². The highest BCUT2D eigenvalue weighted by Crippen LogP contribution is 2.06. The predicted molar refractivity (Wildman–Crippen MR) is 54.2 cm³/mol. The summed E-state index contributed by atoms with van der Waals surface area (Å²) in [5.74, 6) is 0.236. The second kappa shape index (κ2) is 4.42. The molecule has 68 valence electrons. The van der Waals surface area contributed by atoms with Crippen molar-refractivity contribution in [1.29, 1.82) is 0 Å². The van der Waals surface area contributed by atoms with Crippen LogP contribution in [-0.4, -0.2) is 16.4 Å². The fraction of sp³-hybridized carbons (Fsp3) is 0. The minimum atomic E-state index is 0.176. The first-order valence-electron chi connectivity index (χ1n) is 3.62. The van der Waals surface area contributed by atoms with Crippen molar-refractivity contribution in [2.45, 2.75) is 0 Å². The zero-order valence-electron chi connectivity index (χ0n) is 6.82. The molecule has 0 saturated heterocycles. The van der Waals surface area contributed by atoms with Gasteiger partial charge in [-0.25, -0.2) is 0 Å². The summed E-state index contributed by atoms with van der Waals surface area (Å²) in [6.07, 6.45) is 1.68. The van der Waals surface area contributed by atoms with E-state index in [0.29, 0.717) is 0 Å². The molecule has 0 bridgehead atoms. The third kappa shape index (κ3) is 3.53. The number of rotatable bonds is 2. The predicted octanol–water partition coefficient (Wildman–Crippen LogP) is -1.36. The van der Waals surface area contributed by atoms with Gasteiger partial charge in [-0.3, -0.25) is 0 Å². The zero-order valence-corrected chi connectivity index (χ0v) is 7.64. The number of phenolic OH excluding ortho intramolecular Hbond substituents is 1. The molecule has 0 aliphatic rings. The molecule has 4 nitrogen and oxygen atoms in total. The van der Waals surface area contributed by atoms with Crippen LogP contribution in [0.2, 0.25) is 0 Å². The quantitative estimate of drug-likeness (QED) is 0.268. The molecule has 0 amide bonds. The van der Waals surface area contributed by atoms with Gasteiger partial charge in [0, 0.05) is 5.56 Å². The first kappa shape index (κ1) is 9.47. The lowest BCUT2D eigenvalue weighted by molar-refractivity contribution is -0.499. The lowest BCUT2D eigenvalue weighted by Gasteiger charge is -1.90. The Balaban J connectivity index is 2.59. The van der Waals surface area contributed by atoms with Crippen LogP contribution in [-0.2, 0) is 0 Å². The summed E-state index contributed by atoms with van der Waals surface area (Å²) in [5, 5.41) is 11.9. The number of hydrogen-bond donors (Lipinski definition) is 4. The van der Waals surface area contributed by atoms with E-state index in [1.54, 1.807) is 30.5 Å². The first-order chi connectivity index (χ1) is 6.18. The number of aromatic hydroxyl groups is 1. The highest BCUT2D eigenvalue weighted by Gasteiger charge is 1.91. The summed E-state index contributed by atoms with van der Waals surface area (Å²) in [5.41, 5.74) is 8.63. The fourth-order valence-electron chi connectivity index (χ4n) is 0.761. The maximum Gasteiger partial charge on any atom is 0.221 e. The van der Waals surface area contributed by atoms with E-state index in [4.69, 9.17) is 10.8 Å². The van der Waals surface area contributed by atoms with Crippen molar-refractivity contribution in [2.24, 2.45) is 5.73 Å². The number of benzene rings is 1. The van der Waals surface area contributed by atoms with E-state index in [9.17, 15) is 0 Å². The summed E-state index contributed by atoms with van der Waals surface area (Å²) in [7, 11) is 0. The number of hydrazine groups is 1. The van der Waals surface area contributed by atoms with Gasteiger partial charge in [-0.2, -0.15) is 0 Å². The van der Waals surface area contributed by atoms with E-state index in [0.717, 1.165) is 5.56 Å². The highest BCUT2D eigenvalue weighted by molar-refractivity contribution is 7.80. The van der Waals surface area contributed by atoms with Crippen LogP contribution in [0.1, 0.15) is 5.56 Å². The molecule has 0 saturated carbocycles. The van der Waals surface area contributed by atoms with Gasteiger partial charge in [0.1, 0.15) is 5.75 Å². The third-order valence-corrected chi connectivity index (χ3v) is 1.43. The number of hydrazone groups is 1. The van der Waals surface area contributed by atoms with Crippen molar-refractivity contribution in [3.8, 4) is 5.75 Å². The van der Waals surface area contributed by atoms with Gasteiger partial charge >= 0.3 is 0 Å². The average Bonchev–Trinajstić information content (AvgIpc) is 2.08. The van der Waals surface area contributed by atoms with Crippen molar-refractivity contribution in [3.63, 3.8) is 0 Å². The Labute approximate surface area is 81.1 Å². The minimum absolute atomic E-state index is 0.176. The number of thiocarbonyl (C=S) groups is 1. The number of nitrogens with two attached hydrogens (primary N) is 1. The van der Waals surface area contributed by atoms with Gasteiger partial charge in [-0.1, -0.05) is 0 Å². The maximum absolute atomic E-state index is 8.98. The Morgan fingerprint density at radius 2 is 2.08 bits per heavy atom. The van der Waals surface area contributed by atoms with Crippen LogP contribution in [0.3, 0.4) is 0 Å². The number of hydrogen-bond acceptors (Lipinski definition) is 2. The smallest absolute Gasteiger partial charge is 0.221 e. The Morgan fingerprint density at radius 3 is 2.62 bits per heavy atom. The molecule has 13 heavy (non-hydrogen) atoms. The van der Waals surface area contributed by atoms with Gasteiger partial charge in [0.15, 0.2) is 6.21 Å². The van der Waals surface area contributed by atoms with E-state index in [2.05, 4.69) is 22.7 Å². The standard InChI is InChI=1S/C8H9N3OS/c9-8(13)11-10-5-6-1-3-7(12)4-2-6/h1-5,12H,(H3,9,11,13)/p+1/b10-5+. The van der Waals surface area contributed by atoms with E-state index in [1.165, 1.54) is 0 Å². The topological polar surface area (TPSA) is 72.2 Å². The second-order valence-electron chi connectivity index (χ2n) is 2.37. The molecule has 1 rings (SSSR count). The van der Waals surface area contributed by atoms with Gasteiger partial charge in [0.2, 0.25) is 5.11 Å². The van der Waals surface area contributed by atoms with Crippen LogP contribution in [0.15, 0.2) is 24.3 Å². The molecule has 1 aromatic rings. The summed E-state index contributed by atoms with van der Waals surface area (Å²) in [4.78, 5) is 0. The second-order valence-corrected chi connectivity index (χ2v) is 2.81. The Morgan fingerprint density at radius 1 is 1.46 bits per heavy atom. The third-order valence-electron chi connectivity index (χ3n) is 1.33. The minimum Gasteiger partial charge on any atom is -0.508 e. The van der Waals surface area contributed by atoms with Crippen LogP contribution in [0, 0.1) is 0 Å². The van der Waals surface area contributed by atoms with Gasteiger partial charge in [-0.05, 0) is 36.5 Å². The molecule has 0 radical (unpaired) electrons. The summed E-state index contributed by atoms with van der Waals surface area (Å²) in [6, 6.07) is 6.69. The normalized spacial score (nSPS) is 10.2. The summed E-state index contributed by atoms with van der Waals surface area (Å²) >= 11 is 4.58. The van der Waals surface area contributed by atoms with Crippen LogP contribution in [0.5, 0.6) is 5.75 Å². The van der Waals surface area contributed by atoms with Crippen molar-refractivity contribution >= 4 is 23.5 Å². The number of phenols is 1. The van der Waals surface area contributed by atoms with Crippen LogP contribution < -0.4 is 16.3 Å².